The van der Waals surface area contributed by atoms with Gasteiger partial charge in [-0.1, -0.05) is 5.16 Å². The van der Waals surface area contributed by atoms with Crippen LogP contribution in [0.15, 0.2) is 4.52 Å². The molecule has 1 aromatic heterocycles. The van der Waals surface area contributed by atoms with Gasteiger partial charge in [-0.3, -0.25) is 4.79 Å². The number of nitrogens with one attached hydrogen (secondary N) is 1. The molecule has 1 fully saturated rings. The van der Waals surface area contributed by atoms with Gasteiger partial charge in [-0.2, -0.15) is 0 Å². The molecule has 1 heterocycles. The summed E-state index contributed by atoms with van der Waals surface area (Å²) in [7, 11) is 0. The second-order valence-electron chi connectivity index (χ2n) is 5.69. The number of aliphatic hydroxyl groups is 1. The summed E-state index contributed by atoms with van der Waals surface area (Å²) in [5, 5.41) is 16.3. The third-order valence-corrected chi connectivity index (χ3v) is 4.85. The van der Waals surface area contributed by atoms with Gasteiger partial charge in [0.2, 0.25) is 5.91 Å². The predicted octanol–water partition coefficient (Wildman–Crippen LogP) is 1.80. The van der Waals surface area contributed by atoms with Crippen molar-refractivity contribution in [1.29, 1.82) is 0 Å². The van der Waals surface area contributed by atoms with E-state index in [1.807, 2.05) is 20.8 Å². The number of amides is 1. The number of carbonyl (C=O) groups is 1. The van der Waals surface area contributed by atoms with Crippen molar-refractivity contribution in [3.8, 4) is 0 Å². The number of rotatable bonds is 7. The molecule has 112 valence electrons. The van der Waals surface area contributed by atoms with Crippen molar-refractivity contribution < 1.29 is 14.4 Å². The molecule has 5 nitrogen and oxygen atoms in total. The molecule has 0 radical (unpaired) electrons. The Morgan fingerprint density at radius 1 is 1.55 bits per heavy atom. The molecular weight excluding hydrogens is 276 g/mol. The van der Waals surface area contributed by atoms with Crippen LogP contribution in [0.3, 0.4) is 0 Å². The minimum atomic E-state index is -0.458. The van der Waals surface area contributed by atoms with Crippen LogP contribution in [0.5, 0.6) is 0 Å². The summed E-state index contributed by atoms with van der Waals surface area (Å²) >= 11 is 1.54. The Labute approximate surface area is 123 Å². The molecule has 1 amide bonds. The fourth-order valence-corrected chi connectivity index (χ4v) is 3.28. The quantitative estimate of drug-likeness (QED) is 0.803. The third kappa shape index (κ3) is 3.55. The molecule has 1 unspecified atom stereocenters. The largest absolute Gasteiger partial charge is 0.394 e. The predicted molar refractivity (Wildman–Crippen MR) is 78.5 cm³/mol. The standard InChI is InChI=1S/C14H22N2O3S/c1-9-12(10(2)19-16-9)6-20-7-13(18)15-14(3,8-17)11-4-5-11/h11,17H,4-8H2,1-3H3,(H,15,18). The number of hydrogen-bond acceptors (Lipinski definition) is 5. The summed E-state index contributed by atoms with van der Waals surface area (Å²) in [6.45, 7) is 5.70. The first-order valence-electron chi connectivity index (χ1n) is 6.87. The molecule has 0 bridgehead atoms. The van der Waals surface area contributed by atoms with E-state index >= 15 is 0 Å². The fraction of sp³-hybridized carbons (Fsp3) is 0.714. The molecule has 6 heteroatoms. The zero-order valence-corrected chi connectivity index (χ0v) is 13.0. The highest BCUT2D eigenvalue weighted by molar-refractivity contribution is 7.99. The van der Waals surface area contributed by atoms with E-state index in [0.29, 0.717) is 17.4 Å². The van der Waals surface area contributed by atoms with Gasteiger partial charge in [0.1, 0.15) is 5.76 Å². The number of thioether (sulfide) groups is 1. The van der Waals surface area contributed by atoms with Crippen molar-refractivity contribution in [2.75, 3.05) is 12.4 Å². The van der Waals surface area contributed by atoms with E-state index in [0.717, 1.165) is 29.9 Å². The maximum absolute atomic E-state index is 12.0. The Morgan fingerprint density at radius 2 is 2.25 bits per heavy atom. The van der Waals surface area contributed by atoms with Crippen molar-refractivity contribution in [3.05, 3.63) is 17.0 Å². The number of nitrogens with zero attached hydrogens (tertiary/aromatic N) is 1. The Hall–Kier alpha value is -1.01. The van der Waals surface area contributed by atoms with Crippen LogP contribution in [0, 0.1) is 19.8 Å². The maximum Gasteiger partial charge on any atom is 0.230 e. The van der Waals surface area contributed by atoms with E-state index in [1.54, 1.807) is 0 Å². The second-order valence-corrected chi connectivity index (χ2v) is 6.68. The average Bonchev–Trinajstić information content (AvgIpc) is 3.21. The molecule has 2 N–H and O–H groups in total. The molecule has 0 spiro atoms. The normalized spacial score (nSPS) is 17.8. The Balaban J connectivity index is 1.78. The minimum absolute atomic E-state index is 0.00204. The van der Waals surface area contributed by atoms with Crippen LogP contribution in [-0.2, 0) is 10.5 Å². The maximum atomic E-state index is 12.0. The van der Waals surface area contributed by atoms with E-state index in [-0.39, 0.29) is 12.5 Å². The van der Waals surface area contributed by atoms with E-state index in [1.165, 1.54) is 11.8 Å². The summed E-state index contributed by atoms with van der Waals surface area (Å²) in [5.74, 6) is 2.31. The van der Waals surface area contributed by atoms with Crippen LogP contribution in [0.4, 0.5) is 0 Å². The third-order valence-electron chi connectivity index (χ3n) is 3.89. The van der Waals surface area contributed by atoms with Crippen molar-refractivity contribution in [1.82, 2.24) is 10.5 Å². The first-order valence-corrected chi connectivity index (χ1v) is 8.03. The van der Waals surface area contributed by atoms with Crippen molar-refractivity contribution in [2.45, 2.75) is 44.9 Å². The summed E-state index contributed by atoms with van der Waals surface area (Å²) < 4.78 is 5.09. The van der Waals surface area contributed by atoms with Crippen LogP contribution < -0.4 is 5.32 Å². The van der Waals surface area contributed by atoms with Crippen molar-refractivity contribution in [3.63, 3.8) is 0 Å². The summed E-state index contributed by atoms with van der Waals surface area (Å²) in [6.07, 6.45) is 2.17. The lowest BCUT2D eigenvalue weighted by Crippen LogP contribution is -2.51. The van der Waals surface area contributed by atoms with Gasteiger partial charge in [-0.15, -0.1) is 11.8 Å². The molecule has 20 heavy (non-hydrogen) atoms. The van der Waals surface area contributed by atoms with Crippen LogP contribution >= 0.6 is 11.8 Å². The first-order chi connectivity index (χ1) is 9.46. The highest BCUT2D eigenvalue weighted by Gasteiger charge is 2.41. The number of aromatic nitrogens is 1. The zero-order chi connectivity index (χ0) is 14.8. The molecule has 2 rings (SSSR count). The van der Waals surface area contributed by atoms with E-state index < -0.39 is 5.54 Å². The molecule has 0 aliphatic heterocycles. The number of aliphatic hydroxyl groups excluding tert-OH is 1. The Bertz CT molecular complexity index is 465. The van der Waals surface area contributed by atoms with Crippen LogP contribution in [0.25, 0.3) is 0 Å². The van der Waals surface area contributed by atoms with Crippen LogP contribution in [0.2, 0.25) is 0 Å². The van der Waals surface area contributed by atoms with Gasteiger partial charge < -0.3 is 14.9 Å². The van der Waals surface area contributed by atoms with Gasteiger partial charge in [0.15, 0.2) is 0 Å². The lowest BCUT2D eigenvalue weighted by molar-refractivity contribution is -0.121. The van der Waals surface area contributed by atoms with Gasteiger partial charge in [0, 0.05) is 11.3 Å². The SMILES string of the molecule is Cc1noc(C)c1CSCC(=O)NC(C)(CO)C1CC1. The Kier molecular flexibility index (Phi) is 4.75. The number of aryl methyl sites for hydroxylation is 2. The molecule has 1 aromatic rings. The van der Waals surface area contributed by atoms with Crippen molar-refractivity contribution >= 4 is 17.7 Å². The average molecular weight is 298 g/mol. The van der Waals surface area contributed by atoms with Gasteiger partial charge >= 0.3 is 0 Å². The molecule has 0 aromatic carbocycles. The molecule has 1 aliphatic carbocycles. The molecular formula is C14H22N2O3S. The Morgan fingerprint density at radius 3 is 2.75 bits per heavy atom. The van der Waals surface area contributed by atoms with E-state index in [4.69, 9.17) is 4.52 Å². The lowest BCUT2D eigenvalue weighted by atomic mass is 9.97. The van der Waals surface area contributed by atoms with E-state index in [9.17, 15) is 9.90 Å². The van der Waals surface area contributed by atoms with Gasteiger partial charge in [-0.25, -0.2) is 0 Å². The van der Waals surface area contributed by atoms with Crippen LogP contribution in [0.1, 0.15) is 36.8 Å². The first kappa shape index (κ1) is 15.4. The van der Waals surface area contributed by atoms with Gasteiger partial charge in [0.25, 0.3) is 0 Å². The minimum Gasteiger partial charge on any atom is -0.394 e. The molecule has 1 aliphatic rings. The van der Waals surface area contributed by atoms with Crippen molar-refractivity contribution in [2.24, 2.45) is 5.92 Å². The molecule has 1 saturated carbocycles. The number of carbonyl (C=O) groups excluding carboxylic acids is 1. The van der Waals surface area contributed by atoms with E-state index in [2.05, 4.69) is 10.5 Å². The topological polar surface area (TPSA) is 75.4 Å². The lowest BCUT2D eigenvalue weighted by Gasteiger charge is -2.28. The second kappa shape index (κ2) is 6.18. The molecule has 1 atom stereocenters. The van der Waals surface area contributed by atoms with Crippen LogP contribution in [-0.4, -0.2) is 34.1 Å². The summed E-state index contributed by atoms with van der Waals surface area (Å²) in [5.41, 5.74) is 1.49. The highest BCUT2D eigenvalue weighted by Crippen LogP contribution is 2.39. The summed E-state index contributed by atoms with van der Waals surface area (Å²) in [4.78, 5) is 12.0. The highest BCUT2D eigenvalue weighted by atomic mass is 32.2. The summed E-state index contributed by atoms with van der Waals surface area (Å²) in [6, 6.07) is 0. The monoisotopic (exact) mass is 298 g/mol. The van der Waals surface area contributed by atoms with Gasteiger partial charge in [-0.05, 0) is 39.5 Å². The molecule has 0 saturated heterocycles. The fourth-order valence-electron chi connectivity index (χ4n) is 2.30. The number of hydrogen-bond donors (Lipinski definition) is 2. The zero-order valence-electron chi connectivity index (χ0n) is 12.2. The smallest absolute Gasteiger partial charge is 0.230 e. The van der Waals surface area contributed by atoms with Gasteiger partial charge in [0.05, 0.1) is 23.6 Å².